The normalized spacial score (nSPS) is 14.8. The van der Waals surface area contributed by atoms with Gasteiger partial charge in [-0.1, -0.05) is 11.6 Å². The van der Waals surface area contributed by atoms with Crippen molar-refractivity contribution in [1.82, 2.24) is 0 Å². The molecule has 0 unspecified atom stereocenters. The number of halogens is 1. The van der Waals surface area contributed by atoms with Gasteiger partial charge in [0.2, 0.25) is 0 Å². The van der Waals surface area contributed by atoms with E-state index < -0.39 is 14.8 Å². The van der Waals surface area contributed by atoms with E-state index in [0.717, 1.165) is 43.9 Å². The maximum absolute atomic E-state index is 12.1. The molecule has 0 aliphatic carbocycles. The first kappa shape index (κ1) is 19.4. The van der Waals surface area contributed by atoms with E-state index in [-0.39, 0.29) is 16.3 Å². The third-order valence-corrected chi connectivity index (χ3v) is 5.94. The molecule has 1 fully saturated rings. The van der Waals surface area contributed by atoms with E-state index in [4.69, 9.17) is 11.6 Å². The van der Waals surface area contributed by atoms with E-state index in [1.54, 1.807) is 6.07 Å². The van der Waals surface area contributed by atoms with Crippen LogP contribution in [0.3, 0.4) is 0 Å². The largest absolute Gasteiger partial charge is 0.370 e. The Morgan fingerprint density at radius 2 is 1.81 bits per heavy atom. The molecule has 0 spiro atoms. The molecule has 27 heavy (non-hydrogen) atoms. The summed E-state index contributed by atoms with van der Waals surface area (Å²) in [6.07, 6.45) is 4.51. The van der Waals surface area contributed by atoms with E-state index in [0.29, 0.717) is 10.7 Å². The molecule has 2 aromatic rings. The summed E-state index contributed by atoms with van der Waals surface area (Å²) in [6.45, 7) is 1.93. The Balaban J connectivity index is 1.91. The van der Waals surface area contributed by atoms with E-state index in [1.165, 1.54) is 18.6 Å². The van der Waals surface area contributed by atoms with Gasteiger partial charge in [0.25, 0.3) is 5.69 Å². The van der Waals surface area contributed by atoms with Crippen molar-refractivity contribution >= 4 is 44.2 Å². The van der Waals surface area contributed by atoms with Crippen LogP contribution in [0.15, 0.2) is 41.3 Å². The van der Waals surface area contributed by atoms with E-state index in [2.05, 4.69) is 10.2 Å². The molecule has 0 bridgehead atoms. The van der Waals surface area contributed by atoms with Crippen LogP contribution in [0, 0.1) is 10.1 Å². The van der Waals surface area contributed by atoms with Crippen LogP contribution in [0.1, 0.15) is 19.3 Å². The number of hydrogen-bond donors (Lipinski definition) is 1. The number of benzene rings is 2. The second-order valence-electron chi connectivity index (χ2n) is 6.55. The lowest BCUT2D eigenvalue weighted by Crippen LogP contribution is -2.29. The average Bonchev–Trinajstić information content (AvgIpc) is 2.62. The fourth-order valence-electron chi connectivity index (χ4n) is 3.17. The van der Waals surface area contributed by atoms with E-state index >= 15 is 0 Å². The monoisotopic (exact) mass is 409 g/mol. The van der Waals surface area contributed by atoms with Gasteiger partial charge in [-0.15, -0.1) is 0 Å². The van der Waals surface area contributed by atoms with Gasteiger partial charge >= 0.3 is 0 Å². The third-order valence-electron chi connectivity index (χ3n) is 4.50. The molecular formula is C18H20ClN3O4S. The van der Waals surface area contributed by atoms with Crippen LogP contribution >= 0.6 is 11.6 Å². The van der Waals surface area contributed by atoms with Crippen molar-refractivity contribution in [3.8, 4) is 0 Å². The summed E-state index contributed by atoms with van der Waals surface area (Å²) in [5.74, 6) is 0. The van der Waals surface area contributed by atoms with Gasteiger partial charge in [0, 0.05) is 37.2 Å². The van der Waals surface area contributed by atoms with Gasteiger partial charge in [0.15, 0.2) is 9.84 Å². The summed E-state index contributed by atoms with van der Waals surface area (Å²) in [6, 6.07) is 9.17. The van der Waals surface area contributed by atoms with Gasteiger partial charge in [0.05, 0.1) is 26.2 Å². The molecule has 0 saturated carbocycles. The lowest BCUT2D eigenvalue weighted by atomic mass is 10.1. The van der Waals surface area contributed by atoms with Gasteiger partial charge in [-0.25, -0.2) is 8.42 Å². The SMILES string of the molecule is CS(=O)(=O)c1cc([N+](=O)[O-])ccc1Nc1ccc(N2CCCCC2)c(Cl)c1. The maximum atomic E-state index is 12.1. The first-order valence-electron chi connectivity index (χ1n) is 8.56. The van der Waals surface area contributed by atoms with Gasteiger partial charge in [-0.05, 0) is 43.5 Å². The van der Waals surface area contributed by atoms with Gasteiger partial charge in [-0.2, -0.15) is 0 Å². The fourth-order valence-corrected chi connectivity index (χ4v) is 4.32. The number of nitro groups is 1. The second-order valence-corrected chi connectivity index (χ2v) is 8.94. The Labute approximate surface area is 163 Å². The minimum atomic E-state index is -3.65. The fraction of sp³-hybridized carbons (Fsp3) is 0.333. The summed E-state index contributed by atoms with van der Waals surface area (Å²) in [5.41, 5.74) is 1.55. The number of nitrogens with zero attached hydrogens (tertiary/aromatic N) is 2. The zero-order valence-electron chi connectivity index (χ0n) is 14.8. The first-order valence-corrected chi connectivity index (χ1v) is 10.8. The van der Waals surface area contributed by atoms with Crippen molar-refractivity contribution in [2.24, 2.45) is 0 Å². The number of non-ortho nitro benzene ring substituents is 1. The van der Waals surface area contributed by atoms with Crippen LogP contribution in [-0.2, 0) is 9.84 Å². The maximum Gasteiger partial charge on any atom is 0.270 e. The molecular weight excluding hydrogens is 390 g/mol. The van der Waals surface area contributed by atoms with Crippen molar-refractivity contribution < 1.29 is 13.3 Å². The third kappa shape index (κ3) is 4.51. The molecule has 0 aromatic heterocycles. The van der Waals surface area contributed by atoms with Gasteiger partial charge in [0.1, 0.15) is 0 Å². The number of rotatable bonds is 5. The molecule has 1 aliphatic rings. The smallest absolute Gasteiger partial charge is 0.270 e. The van der Waals surface area contributed by atoms with Crippen LogP contribution < -0.4 is 10.2 Å². The van der Waals surface area contributed by atoms with E-state index in [9.17, 15) is 18.5 Å². The highest BCUT2D eigenvalue weighted by Gasteiger charge is 2.19. The number of sulfone groups is 1. The molecule has 1 N–H and O–H groups in total. The van der Waals surface area contributed by atoms with Crippen LogP contribution in [0.5, 0.6) is 0 Å². The van der Waals surface area contributed by atoms with Crippen LogP contribution in [-0.4, -0.2) is 32.7 Å². The minimum Gasteiger partial charge on any atom is -0.370 e. The highest BCUT2D eigenvalue weighted by atomic mass is 35.5. The number of anilines is 3. The quantitative estimate of drug-likeness (QED) is 0.581. The number of piperidine rings is 1. The molecule has 1 saturated heterocycles. The summed E-state index contributed by atoms with van der Waals surface area (Å²) in [5, 5.41) is 14.5. The molecule has 2 aromatic carbocycles. The van der Waals surface area contributed by atoms with Crippen molar-refractivity contribution in [3.63, 3.8) is 0 Å². The summed E-state index contributed by atoms with van der Waals surface area (Å²) in [7, 11) is -3.65. The highest BCUT2D eigenvalue weighted by Crippen LogP contribution is 2.34. The van der Waals surface area contributed by atoms with Crippen molar-refractivity contribution in [3.05, 3.63) is 51.5 Å². The predicted molar refractivity (Wildman–Crippen MR) is 107 cm³/mol. The number of nitro benzene ring substituents is 1. The Kier molecular flexibility index (Phi) is 5.57. The zero-order chi connectivity index (χ0) is 19.6. The Hall–Kier alpha value is -2.32. The molecule has 1 aliphatic heterocycles. The number of hydrogen-bond acceptors (Lipinski definition) is 6. The second kappa shape index (κ2) is 7.74. The summed E-state index contributed by atoms with van der Waals surface area (Å²) < 4.78 is 24.1. The standard InChI is InChI=1S/C18H20ClN3O4S/c1-27(25,26)18-12-14(22(23)24)6-7-16(18)20-13-5-8-17(15(19)11-13)21-9-3-2-4-10-21/h5-8,11-12,20H,2-4,9-10H2,1H3. The number of nitrogens with one attached hydrogen (secondary N) is 1. The Morgan fingerprint density at radius 3 is 2.41 bits per heavy atom. The van der Waals surface area contributed by atoms with Gasteiger partial charge in [-0.3, -0.25) is 10.1 Å². The Bertz CT molecular complexity index is 973. The lowest BCUT2D eigenvalue weighted by molar-refractivity contribution is -0.385. The Morgan fingerprint density at radius 1 is 1.11 bits per heavy atom. The lowest BCUT2D eigenvalue weighted by Gasteiger charge is -2.29. The van der Waals surface area contributed by atoms with Crippen molar-refractivity contribution in [2.45, 2.75) is 24.2 Å². The molecule has 144 valence electrons. The van der Waals surface area contributed by atoms with Crippen LogP contribution in [0.2, 0.25) is 5.02 Å². The van der Waals surface area contributed by atoms with Crippen molar-refractivity contribution in [1.29, 1.82) is 0 Å². The summed E-state index contributed by atoms with van der Waals surface area (Å²) in [4.78, 5) is 12.4. The molecule has 0 radical (unpaired) electrons. The molecule has 1 heterocycles. The minimum absolute atomic E-state index is 0.132. The van der Waals surface area contributed by atoms with Crippen molar-refractivity contribution in [2.75, 3.05) is 29.6 Å². The first-order chi connectivity index (χ1) is 12.8. The highest BCUT2D eigenvalue weighted by molar-refractivity contribution is 7.90. The summed E-state index contributed by atoms with van der Waals surface area (Å²) >= 11 is 6.44. The molecule has 3 rings (SSSR count). The van der Waals surface area contributed by atoms with E-state index in [1.807, 2.05) is 12.1 Å². The predicted octanol–water partition coefficient (Wildman–Crippen LogP) is 4.39. The van der Waals surface area contributed by atoms with Crippen LogP contribution in [0.25, 0.3) is 0 Å². The molecule has 9 heteroatoms. The molecule has 0 amide bonds. The topological polar surface area (TPSA) is 92.5 Å². The average molecular weight is 410 g/mol. The molecule has 7 nitrogen and oxygen atoms in total. The molecule has 0 atom stereocenters. The van der Waals surface area contributed by atoms with Gasteiger partial charge < -0.3 is 10.2 Å². The van der Waals surface area contributed by atoms with Crippen LogP contribution in [0.4, 0.5) is 22.7 Å². The zero-order valence-corrected chi connectivity index (χ0v) is 16.4.